The van der Waals surface area contributed by atoms with Crippen molar-refractivity contribution < 1.29 is 14.3 Å². The molecule has 9 heteroatoms. The van der Waals surface area contributed by atoms with Gasteiger partial charge in [-0.15, -0.1) is 0 Å². The van der Waals surface area contributed by atoms with E-state index in [0.29, 0.717) is 54.8 Å². The summed E-state index contributed by atoms with van der Waals surface area (Å²) in [4.78, 5) is 41.8. The van der Waals surface area contributed by atoms with Gasteiger partial charge in [0.15, 0.2) is 0 Å². The van der Waals surface area contributed by atoms with E-state index in [2.05, 4.69) is 4.98 Å². The molecule has 0 spiro atoms. The molecule has 172 valence electrons. The number of hydrogen-bond donors (Lipinski definition) is 1. The number of fused-ring (bicyclic) bond motifs is 1. The average Bonchev–Trinajstić information content (AvgIpc) is 3.41. The SMILES string of the molecule is Cc1cc(Oc2ccc(Cl)c(Cl)c2)c(-c2cn(C)c(=O)c3[nH]ccc23)cc1N1C(=O)CCC1=O. The largest absolute Gasteiger partial charge is 0.457 e. The van der Waals surface area contributed by atoms with Gasteiger partial charge in [0.2, 0.25) is 11.8 Å². The number of ether oxygens (including phenoxy) is 1. The lowest BCUT2D eigenvalue weighted by molar-refractivity contribution is -0.121. The number of nitrogens with one attached hydrogen (secondary N) is 1. The highest BCUT2D eigenvalue weighted by molar-refractivity contribution is 6.42. The van der Waals surface area contributed by atoms with Crippen LogP contribution in [0.3, 0.4) is 0 Å². The Morgan fingerprint density at radius 2 is 1.68 bits per heavy atom. The fraction of sp³-hybridized carbons (Fsp3) is 0.160. The number of aryl methyl sites for hydroxylation is 2. The molecule has 1 aliphatic rings. The monoisotopic (exact) mass is 495 g/mol. The van der Waals surface area contributed by atoms with Gasteiger partial charge in [-0.3, -0.25) is 19.3 Å². The number of imide groups is 1. The third-order valence-electron chi connectivity index (χ3n) is 5.89. The van der Waals surface area contributed by atoms with E-state index in [1.165, 1.54) is 9.47 Å². The van der Waals surface area contributed by atoms with Crippen molar-refractivity contribution in [3.63, 3.8) is 0 Å². The lowest BCUT2D eigenvalue weighted by Gasteiger charge is -2.21. The molecule has 1 N–H and O–H groups in total. The highest BCUT2D eigenvalue weighted by Gasteiger charge is 2.32. The van der Waals surface area contributed by atoms with E-state index in [4.69, 9.17) is 27.9 Å². The van der Waals surface area contributed by atoms with Crippen LogP contribution in [0.5, 0.6) is 11.5 Å². The minimum Gasteiger partial charge on any atom is -0.457 e. The molecule has 5 rings (SSSR count). The molecule has 1 saturated heterocycles. The van der Waals surface area contributed by atoms with E-state index < -0.39 is 0 Å². The summed E-state index contributed by atoms with van der Waals surface area (Å²) in [5, 5.41) is 1.44. The van der Waals surface area contributed by atoms with Crippen molar-refractivity contribution in [2.45, 2.75) is 19.8 Å². The number of nitrogens with zero attached hydrogens (tertiary/aromatic N) is 2. The number of hydrogen-bond acceptors (Lipinski definition) is 4. The number of halogens is 2. The van der Waals surface area contributed by atoms with Crippen LogP contribution in [0.15, 0.2) is 53.6 Å². The number of aromatic amines is 1. The maximum absolute atomic E-state index is 12.6. The molecule has 0 unspecified atom stereocenters. The Hall–Kier alpha value is -3.55. The van der Waals surface area contributed by atoms with Crippen LogP contribution in [0.1, 0.15) is 18.4 Å². The normalized spacial score (nSPS) is 13.8. The van der Waals surface area contributed by atoms with Gasteiger partial charge in [0, 0.05) is 54.9 Å². The number of amides is 2. The molecule has 0 bridgehead atoms. The summed E-state index contributed by atoms with van der Waals surface area (Å²) in [5.41, 5.74) is 2.76. The minimum atomic E-state index is -0.246. The van der Waals surface area contributed by atoms with Crippen molar-refractivity contribution in [3.8, 4) is 22.6 Å². The lowest BCUT2D eigenvalue weighted by atomic mass is 9.99. The zero-order valence-corrected chi connectivity index (χ0v) is 19.8. The Kier molecular flexibility index (Phi) is 5.46. The Bertz CT molecular complexity index is 1540. The third-order valence-corrected chi connectivity index (χ3v) is 6.63. The average molecular weight is 496 g/mol. The van der Waals surface area contributed by atoms with Crippen molar-refractivity contribution >= 4 is 51.6 Å². The second-order valence-electron chi connectivity index (χ2n) is 8.16. The molecule has 0 atom stereocenters. The smallest absolute Gasteiger partial charge is 0.274 e. The maximum atomic E-state index is 12.6. The van der Waals surface area contributed by atoms with Crippen LogP contribution in [-0.2, 0) is 16.6 Å². The lowest BCUT2D eigenvalue weighted by Crippen LogP contribution is -2.29. The number of benzene rings is 2. The molecule has 0 radical (unpaired) electrons. The first kappa shape index (κ1) is 22.3. The number of carbonyl (C=O) groups excluding carboxylic acids is 2. The maximum Gasteiger partial charge on any atom is 0.274 e. The standard InChI is InChI=1S/C25H19Cl2N3O4/c1-13-9-21(34-14-3-4-18(26)19(27)10-14)16(11-20(13)30-22(31)5-6-23(30)32)17-12-29(2)25(33)24-15(17)7-8-28-24/h3-4,7-12,28H,5-6H2,1-2H3. The zero-order chi connectivity index (χ0) is 24.1. The van der Waals surface area contributed by atoms with E-state index in [9.17, 15) is 14.4 Å². The first-order valence-corrected chi connectivity index (χ1v) is 11.3. The van der Waals surface area contributed by atoms with Crippen molar-refractivity contribution in [2.75, 3.05) is 4.90 Å². The molecule has 0 saturated carbocycles. The summed E-state index contributed by atoms with van der Waals surface area (Å²) in [5.74, 6) is 0.444. The van der Waals surface area contributed by atoms with Gasteiger partial charge in [0.05, 0.1) is 15.7 Å². The molecule has 1 aliphatic heterocycles. The summed E-state index contributed by atoms with van der Waals surface area (Å²) in [6.45, 7) is 1.81. The van der Waals surface area contributed by atoms with E-state index in [1.54, 1.807) is 55.8 Å². The predicted molar refractivity (Wildman–Crippen MR) is 132 cm³/mol. The number of rotatable bonds is 4. The van der Waals surface area contributed by atoms with E-state index >= 15 is 0 Å². The van der Waals surface area contributed by atoms with Crippen LogP contribution in [0, 0.1) is 6.92 Å². The number of anilines is 1. The number of carbonyl (C=O) groups is 2. The fourth-order valence-electron chi connectivity index (χ4n) is 4.20. The van der Waals surface area contributed by atoms with Gasteiger partial charge < -0.3 is 14.3 Å². The molecule has 7 nitrogen and oxygen atoms in total. The summed E-state index contributed by atoms with van der Waals surface area (Å²) in [7, 11) is 1.66. The van der Waals surface area contributed by atoms with Crippen LogP contribution < -0.4 is 15.2 Å². The number of H-pyrrole nitrogens is 1. The summed E-state index contributed by atoms with van der Waals surface area (Å²) >= 11 is 12.2. The van der Waals surface area contributed by atoms with Crippen LogP contribution in [-0.4, -0.2) is 21.4 Å². The quantitative estimate of drug-likeness (QED) is 0.373. The van der Waals surface area contributed by atoms with Gasteiger partial charge in [-0.25, -0.2) is 0 Å². The highest BCUT2D eigenvalue weighted by atomic mass is 35.5. The predicted octanol–water partition coefficient (Wildman–Crippen LogP) is 5.59. The Morgan fingerprint density at radius 3 is 2.38 bits per heavy atom. The van der Waals surface area contributed by atoms with Crippen molar-refractivity contribution in [2.24, 2.45) is 7.05 Å². The number of pyridine rings is 1. The van der Waals surface area contributed by atoms with Crippen molar-refractivity contribution in [1.29, 1.82) is 0 Å². The van der Waals surface area contributed by atoms with Gasteiger partial charge >= 0.3 is 0 Å². The minimum absolute atomic E-state index is 0.173. The molecule has 1 fully saturated rings. The molecule has 0 aliphatic carbocycles. The molecule has 2 aromatic carbocycles. The molecule has 2 aromatic heterocycles. The Labute approximate surface area is 204 Å². The second kappa shape index (κ2) is 8.34. The number of aromatic nitrogens is 2. The highest BCUT2D eigenvalue weighted by Crippen LogP contribution is 2.42. The van der Waals surface area contributed by atoms with Crippen molar-refractivity contribution in [1.82, 2.24) is 9.55 Å². The molecule has 2 amide bonds. The summed E-state index contributed by atoms with van der Waals surface area (Å²) in [6.07, 6.45) is 3.76. The first-order chi connectivity index (χ1) is 16.2. The van der Waals surface area contributed by atoms with Crippen LogP contribution in [0.4, 0.5) is 5.69 Å². The van der Waals surface area contributed by atoms with E-state index in [0.717, 1.165) is 0 Å². The third kappa shape index (κ3) is 3.67. The van der Waals surface area contributed by atoms with Gasteiger partial charge in [0.1, 0.15) is 17.0 Å². The van der Waals surface area contributed by atoms with Crippen molar-refractivity contribution in [3.05, 3.63) is 74.8 Å². The van der Waals surface area contributed by atoms with Crippen LogP contribution >= 0.6 is 23.2 Å². The molecular weight excluding hydrogens is 477 g/mol. The molecule has 3 heterocycles. The van der Waals surface area contributed by atoms with E-state index in [1.807, 2.05) is 6.92 Å². The van der Waals surface area contributed by atoms with Gasteiger partial charge in [-0.05, 0) is 42.8 Å². The molecule has 4 aromatic rings. The van der Waals surface area contributed by atoms with Crippen LogP contribution in [0.2, 0.25) is 10.0 Å². The fourth-order valence-corrected chi connectivity index (χ4v) is 4.49. The topological polar surface area (TPSA) is 84.4 Å². The van der Waals surface area contributed by atoms with E-state index in [-0.39, 0.29) is 30.2 Å². The zero-order valence-electron chi connectivity index (χ0n) is 18.3. The van der Waals surface area contributed by atoms with Gasteiger partial charge in [0.25, 0.3) is 5.56 Å². The summed E-state index contributed by atoms with van der Waals surface area (Å²) < 4.78 is 7.69. The van der Waals surface area contributed by atoms with Crippen LogP contribution in [0.25, 0.3) is 22.0 Å². The molecule has 34 heavy (non-hydrogen) atoms. The first-order valence-electron chi connectivity index (χ1n) is 10.5. The Balaban J connectivity index is 1.76. The molecular formula is C25H19Cl2N3O4. The summed E-state index contributed by atoms with van der Waals surface area (Å²) in [6, 6.07) is 10.3. The van der Waals surface area contributed by atoms with Gasteiger partial charge in [-0.2, -0.15) is 0 Å². The second-order valence-corrected chi connectivity index (χ2v) is 8.98. The Morgan fingerprint density at radius 1 is 0.941 bits per heavy atom. The van der Waals surface area contributed by atoms with Gasteiger partial charge in [-0.1, -0.05) is 23.2 Å².